The number of nitrogens with two attached hydrogens (primary N) is 2. The molecule has 3 fully saturated rings. The van der Waals surface area contributed by atoms with E-state index in [2.05, 4.69) is 46.0 Å². The van der Waals surface area contributed by atoms with Crippen molar-refractivity contribution in [3.63, 3.8) is 0 Å². The van der Waals surface area contributed by atoms with Crippen molar-refractivity contribution in [3.05, 3.63) is 11.6 Å². The van der Waals surface area contributed by atoms with Gasteiger partial charge >= 0.3 is 5.97 Å². The first-order valence-electron chi connectivity index (χ1n) is 22.3. The van der Waals surface area contributed by atoms with Crippen LogP contribution in [-0.2, 0) is 14.3 Å². The minimum Gasteiger partial charge on any atom is -0.462 e. The zero-order valence-electron chi connectivity index (χ0n) is 36.0. The number of rotatable bonds is 21. The molecule has 306 valence electrons. The topological polar surface area (TPSA) is 111 Å². The quantitative estimate of drug-likeness (QED) is 0.0614. The van der Waals surface area contributed by atoms with Gasteiger partial charge in [-0.05, 0) is 164 Å². The Hall–Kier alpha value is -1.44. The molecular weight excluding hydrogens is 657 g/mol. The van der Waals surface area contributed by atoms with Crippen molar-refractivity contribution in [2.24, 2.45) is 57.8 Å². The maximum Gasteiger partial charge on any atom is 0.306 e. The molecule has 0 heterocycles. The van der Waals surface area contributed by atoms with E-state index in [1.54, 1.807) is 5.57 Å². The summed E-state index contributed by atoms with van der Waals surface area (Å²) in [6.45, 7) is 23.8. The van der Waals surface area contributed by atoms with Gasteiger partial charge in [-0.1, -0.05) is 65.5 Å². The molecule has 0 spiro atoms. The SMILES string of the molecule is CC(C)CCC[C@@H](C)[C@H]1CC[C@H]2[C@@H]3CC=C4C[C@@H](OC(=O)CCCC(=O)N(CCCCNCCC(C)(C)N)CCC(C)(C)N)CC[C@]4(C)[C@H]3CC[C@]12C. The van der Waals surface area contributed by atoms with Gasteiger partial charge in [0.05, 0.1) is 0 Å². The zero-order chi connectivity index (χ0) is 39.0. The Balaban J connectivity index is 1.22. The first-order valence-corrected chi connectivity index (χ1v) is 22.3. The number of fused-ring (bicyclic) bond motifs is 5. The van der Waals surface area contributed by atoms with Gasteiger partial charge in [-0.2, -0.15) is 0 Å². The summed E-state index contributed by atoms with van der Waals surface area (Å²) in [5.74, 6) is 4.96. The molecule has 3 saturated carbocycles. The Morgan fingerprint density at radius 2 is 1.60 bits per heavy atom. The highest BCUT2D eigenvalue weighted by molar-refractivity contribution is 5.77. The number of nitrogens with one attached hydrogen (secondary N) is 1. The van der Waals surface area contributed by atoms with E-state index in [4.69, 9.17) is 16.2 Å². The monoisotopic (exact) mass is 741 g/mol. The summed E-state index contributed by atoms with van der Waals surface area (Å²) in [6, 6.07) is 0. The minimum absolute atomic E-state index is 0.0294. The van der Waals surface area contributed by atoms with E-state index in [0.717, 1.165) is 100 Å². The summed E-state index contributed by atoms with van der Waals surface area (Å²) >= 11 is 0. The lowest BCUT2D eigenvalue weighted by Gasteiger charge is -2.58. The average Bonchev–Trinajstić information content (AvgIpc) is 3.42. The molecule has 0 aromatic rings. The van der Waals surface area contributed by atoms with Crippen molar-refractivity contribution in [1.82, 2.24) is 10.2 Å². The third-order valence-electron chi connectivity index (χ3n) is 14.7. The lowest BCUT2D eigenvalue weighted by atomic mass is 9.47. The van der Waals surface area contributed by atoms with Gasteiger partial charge in [-0.25, -0.2) is 0 Å². The predicted octanol–water partition coefficient (Wildman–Crippen LogP) is 9.56. The van der Waals surface area contributed by atoms with E-state index in [-0.39, 0.29) is 34.5 Å². The highest BCUT2D eigenvalue weighted by Gasteiger charge is 2.59. The van der Waals surface area contributed by atoms with Gasteiger partial charge in [0, 0.05) is 43.4 Å². The summed E-state index contributed by atoms with van der Waals surface area (Å²) in [5, 5.41) is 3.47. The lowest BCUT2D eigenvalue weighted by molar-refractivity contribution is -0.151. The van der Waals surface area contributed by atoms with Crippen molar-refractivity contribution in [1.29, 1.82) is 0 Å². The van der Waals surface area contributed by atoms with E-state index in [1.165, 1.54) is 51.4 Å². The van der Waals surface area contributed by atoms with Gasteiger partial charge in [0.25, 0.3) is 0 Å². The second-order valence-electron chi connectivity index (χ2n) is 20.8. The Bertz CT molecular complexity index is 1200. The molecule has 0 unspecified atom stereocenters. The minimum atomic E-state index is -0.327. The molecule has 7 heteroatoms. The van der Waals surface area contributed by atoms with Crippen LogP contribution in [-0.4, -0.2) is 60.1 Å². The Labute approximate surface area is 326 Å². The van der Waals surface area contributed by atoms with Crippen LogP contribution in [0.4, 0.5) is 0 Å². The summed E-state index contributed by atoms with van der Waals surface area (Å²) < 4.78 is 6.13. The molecule has 53 heavy (non-hydrogen) atoms. The van der Waals surface area contributed by atoms with Crippen LogP contribution in [0.3, 0.4) is 0 Å². The Morgan fingerprint density at radius 1 is 0.868 bits per heavy atom. The smallest absolute Gasteiger partial charge is 0.306 e. The van der Waals surface area contributed by atoms with Gasteiger partial charge in [0.2, 0.25) is 5.91 Å². The molecular formula is C46H84N4O3. The Morgan fingerprint density at radius 3 is 2.30 bits per heavy atom. The van der Waals surface area contributed by atoms with Crippen LogP contribution in [0.1, 0.15) is 178 Å². The molecule has 4 aliphatic rings. The van der Waals surface area contributed by atoms with Gasteiger partial charge in [-0.3, -0.25) is 9.59 Å². The lowest BCUT2D eigenvalue weighted by Crippen LogP contribution is -2.51. The van der Waals surface area contributed by atoms with E-state index in [1.807, 2.05) is 32.6 Å². The fraction of sp³-hybridized carbons (Fsp3) is 0.913. The average molecular weight is 741 g/mol. The van der Waals surface area contributed by atoms with Gasteiger partial charge < -0.3 is 26.4 Å². The molecule has 0 aromatic heterocycles. The number of carbonyl (C=O) groups excluding carboxylic acids is 2. The molecule has 4 aliphatic carbocycles. The number of allylic oxidation sites excluding steroid dienone is 1. The number of unbranched alkanes of at least 4 members (excludes halogenated alkanes) is 1. The van der Waals surface area contributed by atoms with Crippen LogP contribution in [0.15, 0.2) is 11.6 Å². The number of amides is 1. The van der Waals surface area contributed by atoms with Crippen LogP contribution in [0, 0.1) is 46.3 Å². The van der Waals surface area contributed by atoms with Crippen LogP contribution in [0.2, 0.25) is 0 Å². The van der Waals surface area contributed by atoms with Crippen LogP contribution in [0.25, 0.3) is 0 Å². The van der Waals surface area contributed by atoms with Crippen molar-refractivity contribution < 1.29 is 14.3 Å². The zero-order valence-corrected chi connectivity index (χ0v) is 36.0. The molecule has 7 nitrogen and oxygen atoms in total. The fourth-order valence-corrected chi connectivity index (χ4v) is 11.4. The van der Waals surface area contributed by atoms with E-state index >= 15 is 0 Å². The summed E-state index contributed by atoms with van der Waals surface area (Å²) in [4.78, 5) is 28.4. The largest absolute Gasteiger partial charge is 0.462 e. The summed E-state index contributed by atoms with van der Waals surface area (Å²) in [5.41, 5.74) is 14.2. The first-order chi connectivity index (χ1) is 24.8. The van der Waals surface area contributed by atoms with E-state index in [9.17, 15) is 9.59 Å². The standard InChI is InChI=1S/C46H84N4O3/c1-33(2)14-12-15-34(3)38-20-21-39-37-19-18-35-32-36(22-24-45(35,8)40(37)23-25-46(38,39)9)53-42(52)17-13-16-41(51)50(31-27-44(6,7)48)30-11-10-28-49-29-26-43(4,5)47/h18,33-34,36-40,49H,10-17,19-32,47-48H2,1-9H3/t34-,36+,37+,38-,39+,40+,45+,46-/m1/s1. The Kier molecular flexibility index (Phi) is 16.0. The van der Waals surface area contributed by atoms with Gasteiger partial charge in [0.1, 0.15) is 6.10 Å². The maximum atomic E-state index is 13.3. The molecule has 0 bridgehead atoms. The predicted molar refractivity (Wildman–Crippen MR) is 221 cm³/mol. The van der Waals surface area contributed by atoms with E-state index < -0.39 is 0 Å². The highest BCUT2D eigenvalue weighted by atomic mass is 16.5. The number of ether oxygens (including phenoxy) is 1. The number of hydrogen-bond acceptors (Lipinski definition) is 6. The normalized spacial score (nSPS) is 30.6. The van der Waals surface area contributed by atoms with Crippen molar-refractivity contribution in [2.45, 2.75) is 195 Å². The molecule has 8 atom stereocenters. The van der Waals surface area contributed by atoms with Crippen molar-refractivity contribution in [3.8, 4) is 0 Å². The molecule has 4 rings (SSSR count). The second-order valence-corrected chi connectivity index (χ2v) is 20.8. The summed E-state index contributed by atoms with van der Waals surface area (Å²) in [7, 11) is 0. The molecule has 1 amide bonds. The molecule has 0 radical (unpaired) electrons. The third kappa shape index (κ3) is 12.5. The van der Waals surface area contributed by atoms with Crippen molar-refractivity contribution >= 4 is 11.9 Å². The highest BCUT2D eigenvalue weighted by Crippen LogP contribution is 2.67. The van der Waals surface area contributed by atoms with Crippen LogP contribution in [0.5, 0.6) is 0 Å². The third-order valence-corrected chi connectivity index (χ3v) is 14.7. The number of esters is 1. The van der Waals surface area contributed by atoms with Crippen LogP contribution < -0.4 is 16.8 Å². The summed E-state index contributed by atoms with van der Waals surface area (Å²) in [6.07, 6.45) is 21.4. The van der Waals surface area contributed by atoms with Gasteiger partial charge in [-0.15, -0.1) is 0 Å². The van der Waals surface area contributed by atoms with Gasteiger partial charge in [0.15, 0.2) is 0 Å². The molecule has 5 N–H and O–H groups in total. The number of carbonyl (C=O) groups is 2. The number of nitrogens with zero attached hydrogens (tertiary/aromatic N) is 1. The maximum absolute atomic E-state index is 13.3. The van der Waals surface area contributed by atoms with Crippen LogP contribution >= 0.6 is 0 Å². The molecule has 0 saturated heterocycles. The van der Waals surface area contributed by atoms with Crippen molar-refractivity contribution in [2.75, 3.05) is 26.2 Å². The molecule has 0 aliphatic heterocycles. The molecule has 0 aromatic carbocycles. The first kappa shape index (κ1) is 44.3. The number of hydrogen-bond donors (Lipinski definition) is 3. The van der Waals surface area contributed by atoms with E-state index in [0.29, 0.717) is 31.2 Å². The second kappa shape index (κ2) is 19.1. The fourth-order valence-electron chi connectivity index (χ4n) is 11.4.